The van der Waals surface area contributed by atoms with E-state index in [1.165, 1.54) is 6.73 Å². The first kappa shape index (κ1) is 8.43. The van der Waals surface area contributed by atoms with Crippen LogP contribution in [0.2, 0.25) is 0 Å². The summed E-state index contributed by atoms with van der Waals surface area (Å²) in [6, 6.07) is 0. The van der Waals surface area contributed by atoms with Gasteiger partial charge in [-0.3, -0.25) is 10.1 Å². The molecule has 0 bridgehead atoms. The zero-order chi connectivity index (χ0) is 6.95. The number of unbranched alkanes of at least 4 members (excludes halogenated alkanes) is 1. The van der Waals surface area contributed by atoms with Crippen molar-refractivity contribution in [2.75, 3.05) is 6.54 Å². The van der Waals surface area contributed by atoms with Gasteiger partial charge in [-0.15, -0.1) is 0 Å². The summed E-state index contributed by atoms with van der Waals surface area (Å²) in [5.74, 6) is 0. The van der Waals surface area contributed by atoms with Crippen LogP contribution in [0.3, 0.4) is 0 Å². The first-order valence-corrected chi connectivity index (χ1v) is 3.06. The van der Waals surface area contributed by atoms with Crippen molar-refractivity contribution in [1.82, 2.24) is 5.32 Å². The molecule has 0 aliphatic heterocycles. The summed E-state index contributed by atoms with van der Waals surface area (Å²) in [4.78, 5) is 9.54. The molecule has 0 rings (SSSR count). The van der Waals surface area contributed by atoms with Gasteiger partial charge >= 0.3 is 0 Å². The molecule has 0 saturated heterocycles. The molecule has 3 heteroatoms. The van der Waals surface area contributed by atoms with Crippen LogP contribution in [0.4, 0.5) is 0 Å². The van der Waals surface area contributed by atoms with Crippen molar-refractivity contribution in [2.45, 2.75) is 19.8 Å². The lowest BCUT2D eigenvalue weighted by Crippen LogP contribution is -2.12. The quantitative estimate of drug-likeness (QED) is 0.424. The zero-order valence-corrected chi connectivity index (χ0v) is 5.59. The Hall–Kier alpha value is -0.570. The molecule has 0 fully saturated rings. The number of hydrogen-bond donors (Lipinski definition) is 1. The molecular formula is C6H12NO2. The van der Waals surface area contributed by atoms with Crippen LogP contribution < -0.4 is 5.32 Å². The Bertz CT molecular complexity index is 66.1. The molecule has 1 radical (unpaired) electrons. The van der Waals surface area contributed by atoms with Crippen LogP contribution in [0.15, 0.2) is 0 Å². The monoisotopic (exact) mass is 130 g/mol. The van der Waals surface area contributed by atoms with E-state index >= 15 is 0 Å². The van der Waals surface area contributed by atoms with Crippen LogP contribution in [-0.4, -0.2) is 13.0 Å². The maximum absolute atomic E-state index is 9.54. The minimum atomic E-state index is 0.388. The molecule has 0 amide bonds. The van der Waals surface area contributed by atoms with Gasteiger partial charge in [-0.25, -0.2) is 0 Å². The predicted molar refractivity (Wildman–Crippen MR) is 34.4 cm³/mol. The standard InChI is InChI=1S/C6H12NO2/c1-2-3-4-7-5-9-6-8/h5-7H,2-4H2,1H3. The van der Waals surface area contributed by atoms with Crippen molar-refractivity contribution in [1.29, 1.82) is 0 Å². The van der Waals surface area contributed by atoms with Crippen LogP contribution in [-0.2, 0) is 9.53 Å². The Morgan fingerprint density at radius 3 is 3.00 bits per heavy atom. The van der Waals surface area contributed by atoms with Gasteiger partial charge in [0.2, 0.25) is 6.73 Å². The van der Waals surface area contributed by atoms with E-state index in [0.29, 0.717) is 6.47 Å². The Morgan fingerprint density at radius 2 is 2.44 bits per heavy atom. The highest BCUT2D eigenvalue weighted by Gasteiger charge is 1.83. The van der Waals surface area contributed by atoms with E-state index in [1.54, 1.807) is 0 Å². The van der Waals surface area contributed by atoms with Gasteiger partial charge in [-0.2, -0.15) is 0 Å². The van der Waals surface area contributed by atoms with Gasteiger partial charge in [-0.1, -0.05) is 13.3 Å². The van der Waals surface area contributed by atoms with Gasteiger partial charge < -0.3 is 4.74 Å². The van der Waals surface area contributed by atoms with Gasteiger partial charge in [0, 0.05) is 0 Å². The van der Waals surface area contributed by atoms with E-state index in [-0.39, 0.29) is 0 Å². The van der Waals surface area contributed by atoms with Crippen molar-refractivity contribution in [3.8, 4) is 0 Å². The second-order valence-corrected chi connectivity index (χ2v) is 1.66. The predicted octanol–water partition coefficient (Wildman–Crippen LogP) is 0.668. The summed E-state index contributed by atoms with van der Waals surface area (Å²) in [6.07, 6.45) is 2.24. The van der Waals surface area contributed by atoms with E-state index in [0.717, 1.165) is 19.4 Å². The number of carbonyl (C=O) groups excluding carboxylic acids is 1. The minimum absolute atomic E-state index is 0.388. The number of hydrogen-bond acceptors (Lipinski definition) is 3. The molecule has 0 spiro atoms. The van der Waals surface area contributed by atoms with Crippen molar-refractivity contribution in [2.24, 2.45) is 0 Å². The first-order chi connectivity index (χ1) is 4.41. The number of rotatable bonds is 6. The molecule has 0 aromatic rings. The second kappa shape index (κ2) is 7.43. The molecule has 1 N–H and O–H groups in total. The highest BCUT2D eigenvalue weighted by molar-refractivity contribution is 5.37. The van der Waals surface area contributed by atoms with Crippen LogP contribution in [0.1, 0.15) is 19.8 Å². The van der Waals surface area contributed by atoms with E-state index < -0.39 is 0 Å². The van der Waals surface area contributed by atoms with Crippen LogP contribution in [0, 0.1) is 6.73 Å². The summed E-state index contributed by atoms with van der Waals surface area (Å²) in [5.41, 5.74) is 0. The average molecular weight is 130 g/mol. The molecule has 0 unspecified atom stereocenters. The van der Waals surface area contributed by atoms with Gasteiger partial charge in [0.15, 0.2) is 0 Å². The Balaban J connectivity index is 2.66. The lowest BCUT2D eigenvalue weighted by atomic mass is 10.3. The first-order valence-electron chi connectivity index (χ1n) is 3.06. The Kier molecular flexibility index (Phi) is 6.96. The summed E-state index contributed by atoms with van der Waals surface area (Å²) in [7, 11) is 0. The fourth-order valence-corrected chi connectivity index (χ4v) is 0.414. The third kappa shape index (κ3) is 7.43. The van der Waals surface area contributed by atoms with E-state index in [4.69, 9.17) is 0 Å². The molecule has 0 heterocycles. The Labute approximate surface area is 55.4 Å². The normalized spacial score (nSPS) is 9.00. The summed E-state index contributed by atoms with van der Waals surface area (Å²) in [6.45, 7) is 4.65. The minimum Gasteiger partial charge on any atom is -0.443 e. The van der Waals surface area contributed by atoms with Gasteiger partial charge in [0.1, 0.15) is 0 Å². The second-order valence-electron chi connectivity index (χ2n) is 1.66. The van der Waals surface area contributed by atoms with Gasteiger partial charge in [-0.05, 0) is 13.0 Å². The molecule has 0 atom stereocenters. The molecule has 0 aromatic heterocycles. The lowest BCUT2D eigenvalue weighted by molar-refractivity contribution is -0.126. The fraction of sp³-hybridized carbons (Fsp3) is 0.667. The molecular weight excluding hydrogens is 118 g/mol. The largest absolute Gasteiger partial charge is 0.443 e. The molecule has 53 valence electrons. The van der Waals surface area contributed by atoms with E-state index in [1.807, 2.05) is 0 Å². The maximum atomic E-state index is 9.54. The average Bonchev–Trinajstić information content (AvgIpc) is 1.89. The molecule has 0 aliphatic carbocycles. The third-order valence-corrected chi connectivity index (χ3v) is 0.882. The lowest BCUT2D eigenvalue weighted by Gasteiger charge is -1.97. The number of carbonyl (C=O) groups is 1. The zero-order valence-electron chi connectivity index (χ0n) is 5.59. The molecule has 3 nitrogen and oxygen atoms in total. The molecule has 0 aromatic carbocycles. The summed E-state index contributed by atoms with van der Waals surface area (Å²) >= 11 is 0. The highest BCUT2D eigenvalue weighted by Crippen LogP contribution is 1.82. The number of ether oxygens (including phenoxy) is 1. The fourth-order valence-electron chi connectivity index (χ4n) is 0.414. The van der Waals surface area contributed by atoms with Crippen LogP contribution in [0.5, 0.6) is 0 Å². The van der Waals surface area contributed by atoms with Gasteiger partial charge in [0.25, 0.3) is 6.47 Å². The van der Waals surface area contributed by atoms with Crippen molar-refractivity contribution >= 4 is 6.47 Å². The highest BCUT2D eigenvalue weighted by atomic mass is 16.5. The SMILES string of the molecule is CCCCN[CH]OC=O. The van der Waals surface area contributed by atoms with Gasteiger partial charge in [0.05, 0.1) is 0 Å². The molecule has 0 aliphatic rings. The van der Waals surface area contributed by atoms with Crippen molar-refractivity contribution < 1.29 is 9.53 Å². The van der Waals surface area contributed by atoms with Crippen LogP contribution in [0.25, 0.3) is 0 Å². The third-order valence-electron chi connectivity index (χ3n) is 0.882. The van der Waals surface area contributed by atoms with Crippen molar-refractivity contribution in [3.63, 3.8) is 0 Å². The van der Waals surface area contributed by atoms with E-state index in [2.05, 4.69) is 17.0 Å². The van der Waals surface area contributed by atoms with E-state index in [9.17, 15) is 4.79 Å². The summed E-state index contributed by atoms with van der Waals surface area (Å²) < 4.78 is 4.26. The number of nitrogens with one attached hydrogen (secondary N) is 1. The topological polar surface area (TPSA) is 38.3 Å². The molecule has 0 saturated carbocycles. The smallest absolute Gasteiger partial charge is 0.294 e. The molecule has 9 heavy (non-hydrogen) atoms. The summed E-state index contributed by atoms with van der Waals surface area (Å²) in [5, 5.41) is 2.81. The van der Waals surface area contributed by atoms with Crippen molar-refractivity contribution in [3.05, 3.63) is 6.73 Å². The maximum Gasteiger partial charge on any atom is 0.294 e. The van der Waals surface area contributed by atoms with Crippen LogP contribution >= 0.6 is 0 Å². The Morgan fingerprint density at radius 1 is 1.67 bits per heavy atom.